The van der Waals surface area contributed by atoms with Crippen LogP contribution in [0, 0.1) is 0 Å². The van der Waals surface area contributed by atoms with E-state index in [4.69, 9.17) is 4.55 Å². The van der Waals surface area contributed by atoms with Crippen molar-refractivity contribution >= 4 is 16.1 Å². The van der Waals surface area contributed by atoms with Gasteiger partial charge < -0.3 is 10.2 Å². The number of hydrogen-bond donors (Lipinski definition) is 2. The average Bonchev–Trinajstić information content (AvgIpc) is 2.26. The lowest BCUT2D eigenvalue weighted by Crippen LogP contribution is -2.56. The topological polar surface area (TPSA) is 86.7 Å². The van der Waals surface area contributed by atoms with Crippen LogP contribution in [0.4, 0.5) is 4.79 Å². The van der Waals surface area contributed by atoms with Gasteiger partial charge in [-0.05, 0) is 40.5 Å². The van der Waals surface area contributed by atoms with E-state index in [1.807, 2.05) is 27.7 Å². The van der Waals surface area contributed by atoms with Gasteiger partial charge in [0.2, 0.25) is 0 Å². The van der Waals surface area contributed by atoms with Gasteiger partial charge in [-0.1, -0.05) is 13.3 Å². The molecule has 0 heterocycles. The molecule has 0 aromatic carbocycles. The highest BCUT2D eigenvalue weighted by atomic mass is 32.2. The Morgan fingerprint density at radius 2 is 1.85 bits per heavy atom. The number of amides is 2. The van der Waals surface area contributed by atoms with E-state index in [0.717, 1.165) is 12.8 Å². The van der Waals surface area contributed by atoms with E-state index in [-0.39, 0.29) is 18.5 Å². The first-order valence-corrected chi connectivity index (χ1v) is 8.45. The lowest BCUT2D eigenvalue weighted by molar-refractivity contribution is 0.0946. The second-order valence-electron chi connectivity index (χ2n) is 5.90. The molecule has 0 saturated heterocycles. The molecule has 0 aliphatic carbocycles. The van der Waals surface area contributed by atoms with Gasteiger partial charge in [0.15, 0.2) is 0 Å². The van der Waals surface area contributed by atoms with Gasteiger partial charge in [-0.25, -0.2) is 4.79 Å². The van der Waals surface area contributed by atoms with Crippen LogP contribution < -0.4 is 5.32 Å². The molecule has 2 unspecified atom stereocenters. The standard InChI is InChI=1S/C13H28N2O4S/c1-7-8-10(2)15(12(16)14-6)13(4,5)9-11(3)20(17,18)19/h10-11H,7-9H2,1-6H3,(H,14,16)(H,17,18,19). The van der Waals surface area contributed by atoms with Crippen LogP contribution in [0.2, 0.25) is 0 Å². The first-order valence-electron chi connectivity index (χ1n) is 6.94. The van der Waals surface area contributed by atoms with Crippen molar-refractivity contribution in [1.29, 1.82) is 0 Å². The van der Waals surface area contributed by atoms with Crippen molar-refractivity contribution in [1.82, 2.24) is 10.2 Å². The van der Waals surface area contributed by atoms with Crippen LogP contribution in [0.25, 0.3) is 0 Å². The maximum atomic E-state index is 12.1. The van der Waals surface area contributed by atoms with Crippen LogP contribution in [0.5, 0.6) is 0 Å². The molecule has 2 atom stereocenters. The predicted octanol–water partition coefficient (Wildman–Crippen LogP) is 2.26. The van der Waals surface area contributed by atoms with Crippen molar-refractivity contribution in [2.75, 3.05) is 7.05 Å². The summed E-state index contributed by atoms with van der Waals surface area (Å²) in [7, 11) is -2.55. The van der Waals surface area contributed by atoms with Crippen LogP contribution in [-0.4, -0.2) is 47.8 Å². The number of carbonyl (C=O) groups excluding carboxylic acids is 1. The Bertz CT molecular complexity index is 420. The summed E-state index contributed by atoms with van der Waals surface area (Å²) < 4.78 is 31.5. The molecule has 6 nitrogen and oxygen atoms in total. The maximum absolute atomic E-state index is 12.1. The van der Waals surface area contributed by atoms with Gasteiger partial charge in [-0.3, -0.25) is 4.55 Å². The van der Waals surface area contributed by atoms with Crippen molar-refractivity contribution in [3.05, 3.63) is 0 Å². The van der Waals surface area contributed by atoms with Crippen LogP contribution in [0.3, 0.4) is 0 Å². The van der Waals surface area contributed by atoms with Gasteiger partial charge in [0.25, 0.3) is 10.1 Å². The van der Waals surface area contributed by atoms with E-state index in [1.165, 1.54) is 6.92 Å². The normalized spacial score (nSPS) is 15.6. The minimum absolute atomic E-state index is 0.0106. The smallest absolute Gasteiger partial charge is 0.317 e. The number of carbonyl (C=O) groups is 1. The Morgan fingerprint density at radius 1 is 1.35 bits per heavy atom. The molecule has 0 spiro atoms. The van der Waals surface area contributed by atoms with E-state index < -0.39 is 20.9 Å². The molecule has 0 aromatic rings. The van der Waals surface area contributed by atoms with Gasteiger partial charge in [-0.2, -0.15) is 8.42 Å². The number of nitrogens with one attached hydrogen (secondary N) is 1. The first-order chi connectivity index (χ1) is 8.97. The second kappa shape index (κ2) is 7.26. The average molecular weight is 308 g/mol. The molecule has 0 aliphatic heterocycles. The number of urea groups is 1. The fourth-order valence-corrected chi connectivity index (χ4v) is 3.26. The summed E-state index contributed by atoms with van der Waals surface area (Å²) in [4.78, 5) is 13.8. The van der Waals surface area contributed by atoms with Gasteiger partial charge in [0, 0.05) is 18.6 Å². The van der Waals surface area contributed by atoms with Crippen molar-refractivity contribution in [2.24, 2.45) is 0 Å². The minimum atomic E-state index is -4.10. The minimum Gasteiger partial charge on any atom is -0.341 e. The third-order valence-corrected chi connectivity index (χ3v) is 4.71. The molecule has 0 rings (SSSR count). The van der Waals surface area contributed by atoms with Gasteiger partial charge in [0.05, 0.1) is 5.25 Å². The molecular weight excluding hydrogens is 280 g/mol. The van der Waals surface area contributed by atoms with E-state index in [0.29, 0.717) is 0 Å². The highest BCUT2D eigenvalue weighted by Crippen LogP contribution is 2.27. The van der Waals surface area contributed by atoms with Crippen LogP contribution in [0.15, 0.2) is 0 Å². The molecule has 20 heavy (non-hydrogen) atoms. The number of hydrogen-bond acceptors (Lipinski definition) is 3. The van der Waals surface area contributed by atoms with E-state index in [9.17, 15) is 13.2 Å². The van der Waals surface area contributed by atoms with Crippen molar-refractivity contribution < 1.29 is 17.8 Å². The molecule has 2 amide bonds. The first kappa shape index (κ1) is 19.2. The van der Waals surface area contributed by atoms with Gasteiger partial charge in [-0.15, -0.1) is 0 Å². The Labute approximate surface area is 122 Å². The molecule has 0 aliphatic rings. The molecule has 0 radical (unpaired) electrons. The van der Waals surface area contributed by atoms with E-state index in [2.05, 4.69) is 5.32 Å². The van der Waals surface area contributed by atoms with Crippen LogP contribution in [-0.2, 0) is 10.1 Å². The van der Waals surface area contributed by atoms with Gasteiger partial charge in [0.1, 0.15) is 0 Å². The van der Waals surface area contributed by atoms with Crippen molar-refractivity contribution in [2.45, 2.75) is 70.7 Å². The molecule has 0 aromatic heterocycles. The largest absolute Gasteiger partial charge is 0.341 e. The molecule has 0 fully saturated rings. The SMILES string of the molecule is CCCC(C)N(C(=O)NC)C(C)(C)CC(C)S(=O)(=O)O. The Kier molecular flexibility index (Phi) is 6.97. The summed E-state index contributed by atoms with van der Waals surface area (Å²) in [6.45, 7) is 9.06. The van der Waals surface area contributed by atoms with Crippen molar-refractivity contribution in [3.63, 3.8) is 0 Å². The summed E-state index contributed by atoms with van der Waals surface area (Å²) in [6.07, 6.45) is 1.93. The summed E-state index contributed by atoms with van der Waals surface area (Å²) >= 11 is 0. The number of nitrogens with zero attached hydrogens (tertiary/aromatic N) is 1. The summed E-state index contributed by atoms with van der Waals surface area (Å²) in [5, 5.41) is 1.68. The van der Waals surface area contributed by atoms with Crippen molar-refractivity contribution in [3.8, 4) is 0 Å². The fourth-order valence-electron chi connectivity index (χ4n) is 2.65. The molecule has 7 heteroatoms. The van der Waals surface area contributed by atoms with Crippen LogP contribution >= 0.6 is 0 Å². The third-order valence-electron chi connectivity index (χ3n) is 3.53. The fraction of sp³-hybridized carbons (Fsp3) is 0.923. The zero-order valence-electron chi connectivity index (χ0n) is 13.3. The summed E-state index contributed by atoms with van der Waals surface area (Å²) in [5.74, 6) is 0. The Balaban J connectivity index is 5.27. The quantitative estimate of drug-likeness (QED) is 0.706. The molecule has 2 N–H and O–H groups in total. The lowest BCUT2D eigenvalue weighted by Gasteiger charge is -2.43. The maximum Gasteiger partial charge on any atom is 0.317 e. The third kappa shape index (κ3) is 5.28. The highest BCUT2D eigenvalue weighted by Gasteiger charge is 2.37. The Morgan fingerprint density at radius 3 is 2.20 bits per heavy atom. The zero-order chi connectivity index (χ0) is 16.1. The molecular formula is C13H28N2O4S. The monoisotopic (exact) mass is 308 g/mol. The predicted molar refractivity (Wildman–Crippen MR) is 80.4 cm³/mol. The van der Waals surface area contributed by atoms with Crippen LogP contribution in [0.1, 0.15) is 53.9 Å². The zero-order valence-corrected chi connectivity index (χ0v) is 14.1. The summed E-state index contributed by atoms with van der Waals surface area (Å²) in [5.41, 5.74) is -0.677. The molecule has 0 bridgehead atoms. The number of rotatable bonds is 7. The molecule has 0 saturated carbocycles. The Hall–Kier alpha value is -0.820. The summed E-state index contributed by atoms with van der Waals surface area (Å²) in [6, 6.07) is -0.248. The highest BCUT2D eigenvalue weighted by molar-refractivity contribution is 7.86. The van der Waals surface area contributed by atoms with Gasteiger partial charge >= 0.3 is 6.03 Å². The second-order valence-corrected chi connectivity index (χ2v) is 7.74. The van der Waals surface area contributed by atoms with E-state index >= 15 is 0 Å². The lowest BCUT2D eigenvalue weighted by atomic mass is 9.93. The van der Waals surface area contributed by atoms with E-state index in [1.54, 1.807) is 11.9 Å². The molecule has 120 valence electrons.